The first-order chi connectivity index (χ1) is 7.97. The Morgan fingerprint density at radius 2 is 2.00 bits per heavy atom. The van der Waals surface area contributed by atoms with Crippen LogP contribution in [0.1, 0.15) is 12.5 Å². The van der Waals surface area contributed by atoms with Gasteiger partial charge in [-0.2, -0.15) is 8.78 Å². The number of hydrogen-bond donors (Lipinski definition) is 0. The fourth-order valence-corrected chi connectivity index (χ4v) is 1.68. The third kappa shape index (κ3) is 3.93. The predicted octanol–water partition coefficient (Wildman–Crippen LogP) is 3.62. The van der Waals surface area contributed by atoms with Crippen LogP contribution in [-0.4, -0.2) is 18.5 Å². The topological polar surface area (TPSA) is 26.3 Å². The third-order valence-electron chi connectivity index (χ3n) is 1.91. The van der Waals surface area contributed by atoms with Gasteiger partial charge in [-0.05, 0) is 12.5 Å². The van der Waals surface area contributed by atoms with Crippen molar-refractivity contribution in [2.24, 2.45) is 0 Å². The zero-order valence-electron chi connectivity index (χ0n) is 9.12. The van der Waals surface area contributed by atoms with E-state index < -0.39 is 11.9 Å². The van der Waals surface area contributed by atoms with Crippen LogP contribution in [-0.2, 0) is 9.53 Å². The second-order valence-electron chi connectivity index (χ2n) is 3.20. The van der Waals surface area contributed by atoms with Crippen LogP contribution >= 0.6 is 15.9 Å². The Labute approximate surface area is 106 Å². The minimum atomic E-state index is -3.63. The lowest BCUT2D eigenvalue weighted by Gasteiger charge is -2.11. The Morgan fingerprint density at radius 1 is 1.41 bits per heavy atom. The Balaban J connectivity index is 2.91. The van der Waals surface area contributed by atoms with Gasteiger partial charge >= 0.3 is 11.9 Å². The molecular weight excluding hydrogens is 294 g/mol. The monoisotopic (exact) mass is 304 g/mol. The van der Waals surface area contributed by atoms with Crippen molar-refractivity contribution in [3.63, 3.8) is 0 Å². The molecule has 0 heterocycles. The highest BCUT2D eigenvalue weighted by Gasteiger charge is 2.38. The van der Waals surface area contributed by atoms with Crippen molar-refractivity contribution in [3.05, 3.63) is 42.0 Å². The van der Waals surface area contributed by atoms with E-state index in [-0.39, 0.29) is 11.1 Å². The summed E-state index contributed by atoms with van der Waals surface area (Å²) in [5.74, 6) is -5.18. The molecule has 0 bridgehead atoms. The molecule has 0 spiro atoms. The molecule has 2 nitrogen and oxygen atoms in total. The Bertz CT molecular complexity index is 416. The highest BCUT2D eigenvalue weighted by atomic mass is 79.9. The van der Waals surface area contributed by atoms with Crippen molar-refractivity contribution in [3.8, 4) is 0 Å². The summed E-state index contributed by atoms with van der Waals surface area (Å²) in [4.78, 5) is 11.0. The molecule has 5 heteroatoms. The second-order valence-corrected chi connectivity index (χ2v) is 4.06. The van der Waals surface area contributed by atoms with Crippen molar-refractivity contribution in [2.75, 3.05) is 6.61 Å². The van der Waals surface area contributed by atoms with E-state index in [0.717, 1.165) is 0 Å². The van der Waals surface area contributed by atoms with Gasteiger partial charge in [0.1, 0.15) is 0 Å². The average molecular weight is 305 g/mol. The lowest BCUT2D eigenvalue weighted by Crippen LogP contribution is -2.28. The van der Waals surface area contributed by atoms with Crippen LogP contribution in [0.2, 0.25) is 0 Å². The number of rotatable bonds is 4. The molecule has 0 saturated carbocycles. The van der Waals surface area contributed by atoms with Crippen LogP contribution in [0.4, 0.5) is 8.78 Å². The SMILES string of the molecule is CCOC(=O)C(F)(F)/C=C(\Br)c1ccccc1. The summed E-state index contributed by atoms with van der Waals surface area (Å²) in [6.45, 7) is 1.40. The number of carbonyl (C=O) groups is 1. The minimum Gasteiger partial charge on any atom is -0.461 e. The van der Waals surface area contributed by atoms with Gasteiger partial charge in [0.2, 0.25) is 0 Å². The maximum atomic E-state index is 13.4. The minimum absolute atomic E-state index is 0.0782. The van der Waals surface area contributed by atoms with Gasteiger partial charge < -0.3 is 4.74 Å². The molecule has 0 amide bonds. The number of alkyl halides is 2. The molecule has 0 aliphatic heterocycles. The smallest absolute Gasteiger partial charge is 0.381 e. The number of esters is 1. The molecule has 0 saturated heterocycles. The molecule has 0 aliphatic rings. The number of benzene rings is 1. The van der Waals surface area contributed by atoms with Crippen molar-refractivity contribution >= 4 is 26.4 Å². The maximum Gasteiger partial charge on any atom is 0.381 e. The fraction of sp³-hybridized carbons (Fsp3) is 0.250. The van der Waals surface area contributed by atoms with E-state index in [1.165, 1.54) is 6.92 Å². The van der Waals surface area contributed by atoms with Crippen molar-refractivity contribution in [1.82, 2.24) is 0 Å². The molecule has 0 radical (unpaired) electrons. The summed E-state index contributed by atoms with van der Waals surface area (Å²) in [6.07, 6.45) is 0.542. The van der Waals surface area contributed by atoms with Gasteiger partial charge in [-0.3, -0.25) is 0 Å². The van der Waals surface area contributed by atoms with Gasteiger partial charge in [-0.15, -0.1) is 0 Å². The Morgan fingerprint density at radius 3 is 2.53 bits per heavy atom. The summed E-state index contributed by atoms with van der Waals surface area (Å²) < 4.78 is 31.2. The predicted molar refractivity (Wildman–Crippen MR) is 64.9 cm³/mol. The van der Waals surface area contributed by atoms with Gasteiger partial charge in [0, 0.05) is 10.6 Å². The highest BCUT2D eigenvalue weighted by molar-refractivity contribution is 9.15. The van der Waals surface area contributed by atoms with Crippen LogP contribution < -0.4 is 0 Å². The normalized spacial score (nSPS) is 12.4. The summed E-state index contributed by atoms with van der Waals surface area (Å²) in [6, 6.07) is 8.51. The summed E-state index contributed by atoms with van der Waals surface area (Å²) in [7, 11) is 0. The molecule has 1 rings (SSSR count). The van der Waals surface area contributed by atoms with Crippen molar-refractivity contribution in [2.45, 2.75) is 12.8 Å². The van der Waals surface area contributed by atoms with Crippen LogP contribution in [0.15, 0.2) is 36.4 Å². The van der Waals surface area contributed by atoms with Crippen molar-refractivity contribution < 1.29 is 18.3 Å². The number of halogens is 3. The average Bonchev–Trinajstić information content (AvgIpc) is 2.30. The van der Waals surface area contributed by atoms with Crippen LogP contribution in [0.5, 0.6) is 0 Å². The fourth-order valence-electron chi connectivity index (χ4n) is 1.13. The number of hydrogen-bond acceptors (Lipinski definition) is 2. The molecule has 1 aromatic carbocycles. The largest absolute Gasteiger partial charge is 0.461 e. The molecule has 0 aliphatic carbocycles. The first-order valence-corrected chi connectivity index (χ1v) is 5.75. The molecule has 0 fully saturated rings. The Kier molecular flexibility index (Phi) is 4.81. The van der Waals surface area contributed by atoms with E-state index in [1.807, 2.05) is 0 Å². The molecule has 1 aromatic rings. The summed E-state index contributed by atoms with van der Waals surface area (Å²) in [5, 5.41) is 0. The highest BCUT2D eigenvalue weighted by Crippen LogP contribution is 2.28. The van der Waals surface area contributed by atoms with Crippen LogP contribution in [0.3, 0.4) is 0 Å². The first kappa shape index (κ1) is 13.8. The quantitative estimate of drug-likeness (QED) is 0.794. The molecular formula is C12H11BrF2O2. The van der Waals surface area contributed by atoms with Gasteiger partial charge in [-0.1, -0.05) is 46.3 Å². The number of carbonyl (C=O) groups excluding carboxylic acids is 1. The molecule has 0 atom stereocenters. The van der Waals surface area contributed by atoms with Crippen LogP contribution in [0.25, 0.3) is 4.48 Å². The zero-order valence-corrected chi connectivity index (χ0v) is 10.7. The molecule has 17 heavy (non-hydrogen) atoms. The van der Waals surface area contributed by atoms with E-state index in [1.54, 1.807) is 30.3 Å². The van der Waals surface area contributed by atoms with Gasteiger partial charge in [-0.25, -0.2) is 4.79 Å². The van der Waals surface area contributed by atoms with E-state index in [9.17, 15) is 13.6 Å². The summed E-state index contributed by atoms with van der Waals surface area (Å²) >= 11 is 3.01. The molecule has 0 unspecified atom stereocenters. The lowest BCUT2D eigenvalue weighted by atomic mass is 10.2. The van der Waals surface area contributed by atoms with E-state index in [4.69, 9.17) is 0 Å². The van der Waals surface area contributed by atoms with Gasteiger partial charge in [0.25, 0.3) is 0 Å². The maximum absolute atomic E-state index is 13.4. The number of ether oxygens (including phenoxy) is 1. The molecule has 92 valence electrons. The molecule has 0 N–H and O–H groups in total. The van der Waals surface area contributed by atoms with Gasteiger partial charge in [0.15, 0.2) is 0 Å². The zero-order chi connectivity index (χ0) is 12.9. The standard InChI is InChI=1S/C12H11BrF2O2/c1-2-17-11(16)12(14,15)8-10(13)9-6-4-3-5-7-9/h3-8H,2H2,1H3/b10-8-. The Hall–Kier alpha value is -1.23. The third-order valence-corrected chi connectivity index (χ3v) is 2.59. The van der Waals surface area contributed by atoms with E-state index in [0.29, 0.717) is 11.6 Å². The summed E-state index contributed by atoms with van der Waals surface area (Å²) in [5.41, 5.74) is 0.566. The lowest BCUT2D eigenvalue weighted by molar-refractivity contribution is -0.164. The van der Waals surface area contributed by atoms with Crippen LogP contribution in [0, 0.1) is 0 Å². The van der Waals surface area contributed by atoms with Crippen molar-refractivity contribution in [1.29, 1.82) is 0 Å². The molecule has 0 aromatic heterocycles. The second kappa shape index (κ2) is 5.91. The van der Waals surface area contributed by atoms with E-state index in [2.05, 4.69) is 20.7 Å². The van der Waals surface area contributed by atoms with Gasteiger partial charge in [0.05, 0.1) is 6.61 Å². The first-order valence-electron chi connectivity index (χ1n) is 4.96. The van der Waals surface area contributed by atoms with E-state index >= 15 is 0 Å².